The van der Waals surface area contributed by atoms with Crippen LogP contribution < -0.4 is 9.47 Å². The predicted octanol–water partition coefficient (Wildman–Crippen LogP) is 2.61. The van der Waals surface area contributed by atoms with Gasteiger partial charge in [-0.05, 0) is 60.0 Å². The Labute approximate surface area is 172 Å². The number of hydrogen-bond donors (Lipinski definition) is 0. The molecule has 3 heterocycles. The maximum Gasteiger partial charge on any atom is 0.246 e. The van der Waals surface area contributed by atoms with Crippen molar-refractivity contribution in [2.45, 2.75) is 25.4 Å². The van der Waals surface area contributed by atoms with Crippen LogP contribution in [0.2, 0.25) is 0 Å². The van der Waals surface area contributed by atoms with Gasteiger partial charge < -0.3 is 14.4 Å². The Morgan fingerprint density at radius 1 is 1.10 bits per heavy atom. The number of rotatable bonds is 4. The van der Waals surface area contributed by atoms with Crippen molar-refractivity contribution in [2.75, 3.05) is 19.8 Å². The van der Waals surface area contributed by atoms with Gasteiger partial charge in [0.25, 0.3) is 0 Å². The summed E-state index contributed by atoms with van der Waals surface area (Å²) in [6, 6.07) is 11.7. The summed E-state index contributed by atoms with van der Waals surface area (Å²) in [5.74, 6) is 1.41. The molecule has 0 aliphatic carbocycles. The van der Waals surface area contributed by atoms with E-state index in [0.717, 1.165) is 29.9 Å². The van der Waals surface area contributed by atoms with Crippen molar-refractivity contribution < 1.29 is 18.7 Å². The van der Waals surface area contributed by atoms with Crippen LogP contribution in [-0.4, -0.2) is 50.8 Å². The van der Waals surface area contributed by atoms with Crippen LogP contribution >= 0.6 is 0 Å². The van der Waals surface area contributed by atoms with Crippen molar-refractivity contribution in [1.29, 1.82) is 0 Å². The predicted molar refractivity (Wildman–Crippen MR) is 104 cm³/mol. The van der Waals surface area contributed by atoms with Gasteiger partial charge >= 0.3 is 0 Å². The summed E-state index contributed by atoms with van der Waals surface area (Å²) in [4.78, 5) is 16.1. The molecule has 0 spiro atoms. The second kappa shape index (κ2) is 7.74. The fraction of sp³-hybridized carbons (Fsp3) is 0.333. The smallest absolute Gasteiger partial charge is 0.246 e. The van der Waals surface area contributed by atoms with Crippen LogP contribution in [0.5, 0.6) is 11.5 Å². The second-order valence-electron chi connectivity index (χ2n) is 7.30. The van der Waals surface area contributed by atoms with E-state index < -0.39 is 0 Å². The summed E-state index contributed by atoms with van der Waals surface area (Å²) in [6.07, 6.45) is 1.81. The quantitative estimate of drug-likeness (QED) is 0.659. The van der Waals surface area contributed by atoms with Crippen LogP contribution in [0.25, 0.3) is 11.4 Å². The third kappa shape index (κ3) is 3.58. The van der Waals surface area contributed by atoms with E-state index >= 15 is 0 Å². The minimum atomic E-state index is -0.333. The van der Waals surface area contributed by atoms with Gasteiger partial charge in [0.2, 0.25) is 11.7 Å². The first-order valence-corrected chi connectivity index (χ1v) is 9.90. The maximum absolute atomic E-state index is 13.1. The first-order valence-electron chi connectivity index (χ1n) is 9.90. The zero-order valence-corrected chi connectivity index (χ0v) is 16.2. The summed E-state index contributed by atoms with van der Waals surface area (Å²) in [5, 5.41) is 12.2. The van der Waals surface area contributed by atoms with Crippen LogP contribution in [0.1, 0.15) is 24.4 Å². The first-order chi connectivity index (χ1) is 14.7. The number of aromatic nitrogens is 4. The SMILES string of the molecule is O=C(Cn1nnc(-c2ccc(F)cc2)n1)N1CCC[C@@H]1c1ccc2c(c1)OCCO2. The Balaban J connectivity index is 1.30. The lowest BCUT2D eigenvalue weighted by atomic mass is 10.0. The number of fused-ring (bicyclic) bond motifs is 1. The van der Waals surface area contributed by atoms with Crippen molar-refractivity contribution in [1.82, 2.24) is 25.1 Å². The largest absolute Gasteiger partial charge is 0.486 e. The lowest BCUT2D eigenvalue weighted by Gasteiger charge is -2.26. The number of halogens is 1. The molecule has 1 aromatic heterocycles. The number of benzene rings is 2. The minimum absolute atomic E-state index is 0.00472. The third-order valence-electron chi connectivity index (χ3n) is 5.36. The topological polar surface area (TPSA) is 82.4 Å². The molecule has 1 atom stereocenters. The van der Waals surface area contributed by atoms with Crippen LogP contribution in [0.15, 0.2) is 42.5 Å². The molecule has 1 fully saturated rings. The molecular weight excluding hydrogens is 389 g/mol. The molecule has 9 heteroatoms. The molecule has 154 valence electrons. The molecule has 0 N–H and O–H groups in total. The maximum atomic E-state index is 13.1. The van der Waals surface area contributed by atoms with Gasteiger partial charge in [-0.25, -0.2) is 4.39 Å². The molecule has 8 nitrogen and oxygen atoms in total. The molecule has 5 rings (SSSR count). The van der Waals surface area contributed by atoms with Crippen molar-refractivity contribution in [2.24, 2.45) is 0 Å². The van der Waals surface area contributed by atoms with E-state index in [9.17, 15) is 9.18 Å². The van der Waals surface area contributed by atoms with Crippen molar-refractivity contribution in [3.05, 3.63) is 53.8 Å². The summed E-state index contributed by atoms with van der Waals surface area (Å²) < 4.78 is 24.4. The Kier molecular flexibility index (Phi) is 4.78. The molecule has 1 saturated heterocycles. The lowest BCUT2D eigenvalue weighted by molar-refractivity contribution is -0.133. The zero-order valence-electron chi connectivity index (χ0n) is 16.2. The molecule has 0 bridgehead atoms. The van der Waals surface area contributed by atoms with E-state index in [0.29, 0.717) is 31.1 Å². The van der Waals surface area contributed by atoms with Crippen LogP contribution in [0.3, 0.4) is 0 Å². The number of amides is 1. The molecular formula is C21H20FN5O3. The van der Waals surface area contributed by atoms with E-state index in [2.05, 4.69) is 15.4 Å². The van der Waals surface area contributed by atoms with Crippen LogP contribution in [0, 0.1) is 5.82 Å². The van der Waals surface area contributed by atoms with Gasteiger partial charge in [-0.1, -0.05) is 6.07 Å². The van der Waals surface area contributed by atoms with Crippen molar-refractivity contribution >= 4 is 5.91 Å². The van der Waals surface area contributed by atoms with Gasteiger partial charge in [-0.3, -0.25) is 4.79 Å². The van der Waals surface area contributed by atoms with E-state index in [-0.39, 0.29) is 24.3 Å². The highest BCUT2D eigenvalue weighted by Crippen LogP contribution is 2.38. The highest BCUT2D eigenvalue weighted by atomic mass is 19.1. The molecule has 30 heavy (non-hydrogen) atoms. The van der Waals surface area contributed by atoms with Crippen molar-refractivity contribution in [3.8, 4) is 22.9 Å². The lowest BCUT2D eigenvalue weighted by Crippen LogP contribution is -2.34. The summed E-state index contributed by atoms with van der Waals surface area (Å²) in [7, 11) is 0. The van der Waals surface area contributed by atoms with Gasteiger partial charge in [0.15, 0.2) is 11.5 Å². The zero-order chi connectivity index (χ0) is 20.5. The van der Waals surface area contributed by atoms with Gasteiger partial charge in [0.1, 0.15) is 25.6 Å². The highest BCUT2D eigenvalue weighted by Gasteiger charge is 2.31. The number of likely N-dealkylation sites (tertiary alicyclic amines) is 1. The van der Waals surface area contributed by atoms with E-state index in [1.807, 2.05) is 23.1 Å². The second-order valence-corrected chi connectivity index (χ2v) is 7.30. The first kappa shape index (κ1) is 18.5. The van der Waals surface area contributed by atoms with E-state index in [1.165, 1.54) is 16.9 Å². The fourth-order valence-corrected chi connectivity index (χ4v) is 3.92. The van der Waals surface area contributed by atoms with Gasteiger partial charge in [-0.2, -0.15) is 4.80 Å². The molecule has 0 radical (unpaired) electrons. The molecule has 2 aromatic carbocycles. The molecule has 1 amide bonds. The number of carbonyl (C=O) groups excluding carboxylic acids is 1. The van der Waals surface area contributed by atoms with Crippen LogP contribution in [-0.2, 0) is 11.3 Å². The Morgan fingerprint density at radius 2 is 1.90 bits per heavy atom. The van der Waals surface area contributed by atoms with E-state index in [4.69, 9.17) is 9.47 Å². The standard InChI is InChI=1S/C21H20FN5O3/c22-16-6-3-14(4-7-16)21-23-25-27(24-21)13-20(28)26-9-1-2-17(26)15-5-8-18-19(12-15)30-11-10-29-18/h3-8,12,17H,1-2,9-11,13H2/t17-/m1/s1. The van der Waals surface area contributed by atoms with Gasteiger partial charge in [0, 0.05) is 12.1 Å². The number of tetrazole rings is 1. The third-order valence-corrected chi connectivity index (χ3v) is 5.36. The monoisotopic (exact) mass is 409 g/mol. The summed E-state index contributed by atoms with van der Waals surface area (Å²) in [6.45, 7) is 1.75. The van der Waals surface area contributed by atoms with Gasteiger partial charge in [-0.15, -0.1) is 10.2 Å². The van der Waals surface area contributed by atoms with E-state index in [1.54, 1.807) is 12.1 Å². The van der Waals surface area contributed by atoms with Crippen molar-refractivity contribution in [3.63, 3.8) is 0 Å². The number of nitrogens with zero attached hydrogens (tertiary/aromatic N) is 5. The minimum Gasteiger partial charge on any atom is -0.486 e. The molecule has 2 aliphatic rings. The average Bonchev–Trinajstić information content (AvgIpc) is 3.44. The Morgan fingerprint density at radius 3 is 2.73 bits per heavy atom. The highest BCUT2D eigenvalue weighted by molar-refractivity contribution is 5.76. The van der Waals surface area contributed by atoms with Gasteiger partial charge in [0.05, 0.1) is 6.04 Å². The molecule has 2 aliphatic heterocycles. The number of ether oxygens (including phenoxy) is 2. The molecule has 3 aromatic rings. The fourth-order valence-electron chi connectivity index (χ4n) is 3.92. The number of carbonyl (C=O) groups is 1. The summed E-state index contributed by atoms with van der Waals surface area (Å²) in [5.41, 5.74) is 1.68. The summed E-state index contributed by atoms with van der Waals surface area (Å²) >= 11 is 0. The molecule has 0 unspecified atom stereocenters. The number of hydrogen-bond acceptors (Lipinski definition) is 6. The molecule has 0 saturated carbocycles. The normalized spacial score (nSPS) is 17.9. The van der Waals surface area contributed by atoms with Crippen LogP contribution in [0.4, 0.5) is 4.39 Å². The Bertz CT molecular complexity index is 1070. The Hall–Kier alpha value is -3.49. The average molecular weight is 409 g/mol.